The van der Waals surface area contributed by atoms with E-state index in [4.69, 9.17) is 5.11 Å². The molecule has 0 aromatic carbocycles. The molecule has 0 amide bonds. The van der Waals surface area contributed by atoms with Crippen LogP contribution < -0.4 is 0 Å². The third-order valence-corrected chi connectivity index (χ3v) is 2.75. The topological polar surface area (TPSA) is 40.5 Å². The number of carboxylic acid groups (broad SMARTS) is 1. The van der Waals surface area contributed by atoms with Gasteiger partial charge in [-0.3, -0.25) is 9.69 Å². The van der Waals surface area contributed by atoms with E-state index >= 15 is 0 Å². The van der Waals surface area contributed by atoms with Crippen LogP contribution in [0, 0.1) is 5.92 Å². The van der Waals surface area contributed by atoms with Gasteiger partial charge in [-0.25, -0.2) is 8.78 Å². The zero-order chi connectivity index (χ0) is 10.6. The molecule has 1 rings (SSSR count). The lowest BCUT2D eigenvalue weighted by Gasteiger charge is -2.33. The summed E-state index contributed by atoms with van der Waals surface area (Å²) in [6.45, 7) is -0.437. The number of carboxylic acids is 1. The van der Waals surface area contributed by atoms with Crippen molar-refractivity contribution in [1.29, 1.82) is 0 Å². The van der Waals surface area contributed by atoms with Gasteiger partial charge in [0.1, 0.15) is 13.3 Å². The van der Waals surface area contributed by atoms with Gasteiger partial charge in [-0.15, -0.1) is 12.4 Å². The molecule has 0 radical (unpaired) electrons. The van der Waals surface area contributed by atoms with E-state index < -0.39 is 25.4 Å². The Labute approximate surface area is 93.9 Å². The van der Waals surface area contributed by atoms with Crippen molar-refractivity contribution in [3.8, 4) is 0 Å². The van der Waals surface area contributed by atoms with E-state index in [0.29, 0.717) is 25.9 Å². The molecule has 1 aliphatic heterocycles. The molecule has 1 heterocycles. The first-order valence-corrected chi connectivity index (χ1v) is 4.77. The lowest BCUT2D eigenvalue weighted by molar-refractivity contribution is -0.143. The molecule has 1 N–H and O–H groups in total. The summed E-state index contributed by atoms with van der Waals surface area (Å²) in [6, 6.07) is -0.676. The van der Waals surface area contributed by atoms with Crippen LogP contribution in [0.25, 0.3) is 0 Å². The third kappa shape index (κ3) is 3.91. The largest absolute Gasteiger partial charge is 0.481 e. The van der Waals surface area contributed by atoms with E-state index in [1.807, 2.05) is 0 Å². The Hall–Kier alpha value is -0.420. The lowest BCUT2D eigenvalue weighted by Crippen LogP contribution is -2.44. The predicted octanol–water partition coefficient (Wildman–Crippen LogP) is 1.51. The first kappa shape index (κ1) is 14.6. The fourth-order valence-electron chi connectivity index (χ4n) is 1.75. The second-order valence-electron chi connectivity index (χ2n) is 3.61. The summed E-state index contributed by atoms with van der Waals surface area (Å²) in [5.41, 5.74) is 0. The Morgan fingerprint density at radius 3 is 2.13 bits per heavy atom. The van der Waals surface area contributed by atoms with Gasteiger partial charge in [0.15, 0.2) is 0 Å². The molecule has 0 aliphatic carbocycles. The van der Waals surface area contributed by atoms with Crippen molar-refractivity contribution in [3.63, 3.8) is 0 Å². The van der Waals surface area contributed by atoms with Gasteiger partial charge in [0.25, 0.3) is 0 Å². The molecule has 1 aliphatic rings. The summed E-state index contributed by atoms with van der Waals surface area (Å²) in [6.07, 6.45) is 0.984. The van der Waals surface area contributed by atoms with Crippen molar-refractivity contribution in [3.05, 3.63) is 0 Å². The van der Waals surface area contributed by atoms with Crippen molar-refractivity contribution in [2.75, 3.05) is 26.4 Å². The number of rotatable bonds is 4. The molecule has 1 saturated heterocycles. The van der Waals surface area contributed by atoms with E-state index in [-0.39, 0.29) is 18.3 Å². The van der Waals surface area contributed by atoms with Gasteiger partial charge in [-0.05, 0) is 25.9 Å². The Balaban J connectivity index is 0.00000196. The number of aliphatic carboxylic acids is 1. The highest BCUT2D eigenvalue weighted by atomic mass is 35.5. The second-order valence-corrected chi connectivity index (χ2v) is 3.61. The molecule has 90 valence electrons. The average Bonchev–Trinajstić information content (AvgIpc) is 2.20. The zero-order valence-electron chi connectivity index (χ0n) is 8.36. The maximum atomic E-state index is 12.3. The van der Waals surface area contributed by atoms with E-state index in [1.165, 1.54) is 0 Å². The average molecular weight is 244 g/mol. The molecular weight excluding hydrogens is 228 g/mol. The highest BCUT2D eigenvalue weighted by molar-refractivity contribution is 5.85. The number of hydrogen-bond acceptors (Lipinski definition) is 2. The molecule has 0 unspecified atom stereocenters. The molecule has 15 heavy (non-hydrogen) atoms. The minimum atomic E-state index is -0.804. The van der Waals surface area contributed by atoms with Crippen LogP contribution in [-0.2, 0) is 4.79 Å². The maximum Gasteiger partial charge on any atom is 0.306 e. The molecule has 0 aromatic heterocycles. The lowest BCUT2D eigenvalue weighted by atomic mass is 9.96. The number of nitrogens with zero attached hydrogens (tertiary/aromatic N) is 1. The molecule has 3 nitrogen and oxygen atoms in total. The molecule has 0 bridgehead atoms. The molecule has 0 spiro atoms. The molecule has 0 aromatic rings. The Morgan fingerprint density at radius 1 is 1.33 bits per heavy atom. The predicted molar refractivity (Wildman–Crippen MR) is 54.9 cm³/mol. The Bertz CT molecular complexity index is 195. The number of alkyl halides is 2. The van der Waals surface area contributed by atoms with Crippen LogP contribution in [0.4, 0.5) is 8.78 Å². The quantitative estimate of drug-likeness (QED) is 0.814. The van der Waals surface area contributed by atoms with E-state index in [1.54, 1.807) is 4.90 Å². The van der Waals surface area contributed by atoms with Gasteiger partial charge in [0.05, 0.1) is 12.0 Å². The van der Waals surface area contributed by atoms with Gasteiger partial charge < -0.3 is 5.11 Å². The van der Waals surface area contributed by atoms with Crippen molar-refractivity contribution in [1.82, 2.24) is 4.90 Å². The fourth-order valence-corrected chi connectivity index (χ4v) is 1.75. The number of hydrogen-bond donors (Lipinski definition) is 1. The van der Waals surface area contributed by atoms with Crippen molar-refractivity contribution in [2.45, 2.75) is 18.9 Å². The molecule has 1 fully saturated rings. The van der Waals surface area contributed by atoms with Crippen molar-refractivity contribution in [2.24, 2.45) is 5.92 Å². The second kappa shape index (κ2) is 6.95. The summed E-state index contributed by atoms with van der Waals surface area (Å²) in [5, 5.41) is 8.71. The van der Waals surface area contributed by atoms with E-state index in [0.717, 1.165) is 0 Å². The smallest absolute Gasteiger partial charge is 0.306 e. The van der Waals surface area contributed by atoms with Gasteiger partial charge in [0, 0.05) is 0 Å². The van der Waals surface area contributed by atoms with Gasteiger partial charge in [-0.1, -0.05) is 0 Å². The number of likely N-dealkylation sites (tertiary alicyclic amines) is 1. The van der Waals surface area contributed by atoms with E-state index in [2.05, 4.69) is 0 Å². The highest BCUT2D eigenvalue weighted by Crippen LogP contribution is 2.19. The van der Waals surface area contributed by atoms with Crippen LogP contribution >= 0.6 is 12.4 Å². The van der Waals surface area contributed by atoms with Crippen LogP contribution in [0.1, 0.15) is 12.8 Å². The molecular formula is C9H16ClF2NO2. The van der Waals surface area contributed by atoms with Gasteiger partial charge in [-0.2, -0.15) is 0 Å². The van der Waals surface area contributed by atoms with Gasteiger partial charge in [0.2, 0.25) is 0 Å². The van der Waals surface area contributed by atoms with Crippen LogP contribution in [0.5, 0.6) is 0 Å². The molecule has 0 atom stereocenters. The van der Waals surface area contributed by atoms with E-state index in [9.17, 15) is 13.6 Å². The van der Waals surface area contributed by atoms with Gasteiger partial charge >= 0.3 is 5.97 Å². The normalized spacial score (nSPS) is 18.9. The molecule has 0 saturated carbocycles. The highest BCUT2D eigenvalue weighted by Gasteiger charge is 2.28. The summed E-state index contributed by atoms with van der Waals surface area (Å²) >= 11 is 0. The third-order valence-electron chi connectivity index (χ3n) is 2.75. The van der Waals surface area contributed by atoms with Crippen molar-refractivity contribution < 1.29 is 18.7 Å². The Kier molecular flexibility index (Phi) is 6.76. The summed E-state index contributed by atoms with van der Waals surface area (Å²) in [5.74, 6) is -1.15. The summed E-state index contributed by atoms with van der Waals surface area (Å²) in [7, 11) is 0. The van der Waals surface area contributed by atoms with Crippen LogP contribution in [0.3, 0.4) is 0 Å². The maximum absolute atomic E-state index is 12.3. The standard InChI is InChI=1S/C9H15F2NO2.ClH/c10-5-8(6-11)12-3-1-7(2-4-12)9(13)14;/h7-8H,1-6H2,(H,13,14);1H. The first-order valence-electron chi connectivity index (χ1n) is 4.77. The molecule has 6 heteroatoms. The van der Waals surface area contributed by atoms with Crippen molar-refractivity contribution >= 4 is 18.4 Å². The summed E-state index contributed by atoms with van der Waals surface area (Å²) < 4.78 is 24.6. The monoisotopic (exact) mass is 243 g/mol. The SMILES string of the molecule is Cl.O=C(O)C1CCN(C(CF)CF)CC1. The van der Waals surface area contributed by atoms with Crippen LogP contribution in [0.15, 0.2) is 0 Å². The number of halogens is 3. The first-order chi connectivity index (χ1) is 6.69. The summed E-state index contributed by atoms with van der Waals surface area (Å²) in [4.78, 5) is 12.3. The van der Waals surface area contributed by atoms with Crippen LogP contribution in [-0.4, -0.2) is 48.5 Å². The Morgan fingerprint density at radius 2 is 1.80 bits per heavy atom. The number of carbonyl (C=O) groups is 1. The van der Waals surface area contributed by atoms with Crippen LogP contribution in [0.2, 0.25) is 0 Å². The minimum Gasteiger partial charge on any atom is -0.481 e. The fraction of sp³-hybridized carbons (Fsp3) is 0.889. The minimum absolute atomic E-state index is 0. The zero-order valence-corrected chi connectivity index (χ0v) is 9.18. The number of piperidine rings is 1.